The van der Waals surface area contributed by atoms with Crippen molar-refractivity contribution in [2.45, 2.75) is 0 Å². The van der Waals surface area contributed by atoms with Crippen LogP contribution in [0.25, 0.3) is 0 Å². The average Bonchev–Trinajstić information content (AvgIpc) is 2.16. The molecule has 0 bridgehead atoms. The van der Waals surface area contributed by atoms with Gasteiger partial charge in [0.15, 0.2) is 0 Å². The van der Waals surface area contributed by atoms with E-state index in [0.29, 0.717) is 0 Å². The maximum absolute atomic E-state index is 12.9. The standard InChI is InChI=1S/C8H9BFN3O3/c10-6-1-2-7(9(15)16)5(3-6)4-12-13-8(11)14/h1-4,15-16H,(H3,11,13,14). The predicted molar refractivity (Wildman–Crippen MR) is 56.5 cm³/mol. The summed E-state index contributed by atoms with van der Waals surface area (Å²) in [5.74, 6) is -0.565. The van der Waals surface area contributed by atoms with E-state index < -0.39 is 19.0 Å². The number of nitrogens with zero attached hydrogens (tertiary/aromatic N) is 1. The van der Waals surface area contributed by atoms with E-state index in [1.54, 1.807) is 0 Å². The van der Waals surface area contributed by atoms with E-state index >= 15 is 0 Å². The maximum Gasteiger partial charge on any atom is 0.489 e. The molecule has 1 aromatic rings. The van der Waals surface area contributed by atoms with Crippen LogP contribution in [0.3, 0.4) is 0 Å². The number of amides is 2. The SMILES string of the molecule is NC(=O)NN=Cc1cc(F)ccc1B(O)O. The summed E-state index contributed by atoms with van der Waals surface area (Å²) in [6.07, 6.45) is 1.06. The summed E-state index contributed by atoms with van der Waals surface area (Å²) in [7, 11) is -1.75. The van der Waals surface area contributed by atoms with E-state index in [2.05, 4.69) is 5.10 Å². The van der Waals surface area contributed by atoms with Crippen molar-refractivity contribution < 1.29 is 19.2 Å². The molecular weight excluding hydrogens is 216 g/mol. The van der Waals surface area contributed by atoms with Crippen LogP contribution in [-0.4, -0.2) is 29.4 Å². The van der Waals surface area contributed by atoms with Crippen molar-refractivity contribution >= 4 is 24.8 Å². The Bertz CT molecular complexity index is 425. The third kappa shape index (κ3) is 3.33. The number of halogens is 1. The molecule has 8 heteroatoms. The van der Waals surface area contributed by atoms with Crippen LogP contribution in [0, 0.1) is 5.82 Å². The van der Waals surface area contributed by atoms with Crippen LogP contribution in [0.4, 0.5) is 9.18 Å². The van der Waals surface area contributed by atoms with Gasteiger partial charge in [0.2, 0.25) is 0 Å². The van der Waals surface area contributed by atoms with E-state index in [1.165, 1.54) is 6.07 Å². The summed E-state index contributed by atoms with van der Waals surface area (Å²) >= 11 is 0. The zero-order valence-electron chi connectivity index (χ0n) is 8.09. The highest BCUT2D eigenvalue weighted by Crippen LogP contribution is 1.99. The number of nitrogens with one attached hydrogen (secondary N) is 1. The topological polar surface area (TPSA) is 108 Å². The highest BCUT2D eigenvalue weighted by molar-refractivity contribution is 6.60. The number of hydrogen-bond donors (Lipinski definition) is 4. The Kier molecular flexibility index (Phi) is 3.98. The Labute approximate surface area is 90.7 Å². The second kappa shape index (κ2) is 5.24. The highest BCUT2D eigenvalue weighted by atomic mass is 19.1. The molecule has 0 aliphatic rings. The van der Waals surface area contributed by atoms with Crippen molar-refractivity contribution in [3.8, 4) is 0 Å². The second-order valence-corrected chi connectivity index (χ2v) is 2.88. The van der Waals surface area contributed by atoms with Crippen LogP contribution in [0.15, 0.2) is 23.3 Å². The van der Waals surface area contributed by atoms with Crippen molar-refractivity contribution in [2.75, 3.05) is 0 Å². The molecule has 0 saturated heterocycles. The summed E-state index contributed by atoms with van der Waals surface area (Å²) in [4.78, 5) is 10.3. The number of primary amides is 1. The zero-order valence-corrected chi connectivity index (χ0v) is 8.09. The predicted octanol–water partition coefficient (Wildman–Crippen LogP) is -1.49. The van der Waals surface area contributed by atoms with Crippen LogP contribution >= 0.6 is 0 Å². The van der Waals surface area contributed by atoms with Gasteiger partial charge in [0.25, 0.3) is 0 Å². The lowest BCUT2D eigenvalue weighted by molar-refractivity contribution is 0.249. The maximum atomic E-state index is 12.9. The summed E-state index contributed by atoms with van der Waals surface area (Å²) in [5.41, 5.74) is 6.84. The number of rotatable bonds is 3. The van der Waals surface area contributed by atoms with Crippen molar-refractivity contribution in [3.63, 3.8) is 0 Å². The summed E-state index contributed by atoms with van der Waals surface area (Å²) in [6.45, 7) is 0. The van der Waals surface area contributed by atoms with Crippen LogP contribution in [-0.2, 0) is 0 Å². The molecule has 84 valence electrons. The fourth-order valence-corrected chi connectivity index (χ4v) is 1.06. The van der Waals surface area contributed by atoms with Gasteiger partial charge in [-0.05, 0) is 23.2 Å². The van der Waals surface area contributed by atoms with Gasteiger partial charge in [-0.25, -0.2) is 14.6 Å². The minimum Gasteiger partial charge on any atom is -0.423 e. The number of hydrazone groups is 1. The number of carbonyl (C=O) groups excluding carboxylic acids is 1. The van der Waals surface area contributed by atoms with Crippen molar-refractivity contribution in [3.05, 3.63) is 29.6 Å². The summed E-state index contributed by atoms with van der Waals surface area (Å²) < 4.78 is 12.9. The molecule has 0 aromatic heterocycles. The normalized spacial score (nSPS) is 10.4. The van der Waals surface area contributed by atoms with Gasteiger partial charge in [0.1, 0.15) is 5.82 Å². The van der Waals surface area contributed by atoms with Gasteiger partial charge in [0, 0.05) is 0 Å². The van der Waals surface area contributed by atoms with E-state index in [4.69, 9.17) is 15.8 Å². The van der Waals surface area contributed by atoms with Crippen LogP contribution < -0.4 is 16.6 Å². The minimum atomic E-state index is -1.75. The van der Waals surface area contributed by atoms with E-state index in [0.717, 1.165) is 18.3 Å². The lowest BCUT2D eigenvalue weighted by Gasteiger charge is -2.03. The monoisotopic (exact) mass is 225 g/mol. The fraction of sp³-hybridized carbons (Fsp3) is 0. The smallest absolute Gasteiger partial charge is 0.423 e. The average molecular weight is 225 g/mol. The van der Waals surface area contributed by atoms with E-state index in [1.807, 2.05) is 5.43 Å². The van der Waals surface area contributed by atoms with Crippen LogP contribution in [0.1, 0.15) is 5.56 Å². The molecule has 0 spiro atoms. The third-order valence-corrected chi connectivity index (χ3v) is 1.71. The quantitative estimate of drug-likeness (QED) is 0.286. The molecule has 0 unspecified atom stereocenters. The number of benzene rings is 1. The first kappa shape index (κ1) is 12.1. The van der Waals surface area contributed by atoms with Crippen LogP contribution in [0.2, 0.25) is 0 Å². The van der Waals surface area contributed by atoms with Crippen LogP contribution in [0.5, 0.6) is 0 Å². The molecule has 0 fully saturated rings. The first-order valence-corrected chi connectivity index (χ1v) is 4.25. The molecule has 6 nitrogen and oxygen atoms in total. The molecular formula is C8H9BFN3O3. The Morgan fingerprint density at radius 2 is 2.25 bits per heavy atom. The molecule has 0 saturated carbocycles. The number of nitrogens with two attached hydrogens (primary N) is 1. The van der Waals surface area contributed by atoms with Gasteiger partial charge in [-0.15, -0.1) is 0 Å². The van der Waals surface area contributed by atoms with Gasteiger partial charge in [-0.3, -0.25) is 0 Å². The molecule has 2 amide bonds. The third-order valence-electron chi connectivity index (χ3n) is 1.71. The second-order valence-electron chi connectivity index (χ2n) is 2.88. The minimum absolute atomic E-state index is 0.0661. The molecule has 1 aromatic carbocycles. The molecule has 0 atom stereocenters. The van der Waals surface area contributed by atoms with Gasteiger partial charge >= 0.3 is 13.1 Å². The first-order chi connectivity index (χ1) is 7.50. The van der Waals surface area contributed by atoms with Gasteiger partial charge in [0.05, 0.1) is 6.21 Å². The van der Waals surface area contributed by atoms with E-state index in [9.17, 15) is 9.18 Å². The largest absolute Gasteiger partial charge is 0.489 e. The Morgan fingerprint density at radius 1 is 1.56 bits per heavy atom. The lowest BCUT2D eigenvalue weighted by Crippen LogP contribution is -2.33. The fourth-order valence-electron chi connectivity index (χ4n) is 1.06. The molecule has 5 N–H and O–H groups in total. The molecule has 16 heavy (non-hydrogen) atoms. The zero-order chi connectivity index (χ0) is 12.1. The number of carbonyl (C=O) groups is 1. The van der Waals surface area contributed by atoms with Gasteiger partial charge in [-0.1, -0.05) is 6.07 Å². The molecule has 0 aliphatic heterocycles. The van der Waals surface area contributed by atoms with Crippen molar-refractivity contribution in [1.29, 1.82) is 0 Å². The van der Waals surface area contributed by atoms with Crippen molar-refractivity contribution in [1.82, 2.24) is 5.43 Å². The van der Waals surface area contributed by atoms with Crippen molar-refractivity contribution in [2.24, 2.45) is 10.8 Å². The Hall–Kier alpha value is -1.93. The highest BCUT2D eigenvalue weighted by Gasteiger charge is 2.15. The Balaban J connectivity index is 2.96. The summed E-state index contributed by atoms with van der Waals surface area (Å²) in [5, 5.41) is 21.3. The lowest BCUT2D eigenvalue weighted by atomic mass is 9.77. The first-order valence-electron chi connectivity index (χ1n) is 4.25. The van der Waals surface area contributed by atoms with Gasteiger partial charge in [-0.2, -0.15) is 5.10 Å². The number of urea groups is 1. The molecule has 0 aliphatic carbocycles. The Morgan fingerprint density at radius 3 is 2.81 bits per heavy atom. The summed E-state index contributed by atoms with van der Waals surface area (Å²) in [6, 6.07) is 2.44. The molecule has 0 heterocycles. The molecule has 1 rings (SSSR count). The number of hydrogen-bond acceptors (Lipinski definition) is 4. The van der Waals surface area contributed by atoms with E-state index in [-0.39, 0.29) is 11.0 Å². The molecule has 0 radical (unpaired) electrons. The van der Waals surface area contributed by atoms with Gasteiger partial charge < -0.3 is 15.8 Å².